The van der Waals surface area contributed by atoms with E-state index >= 15 is 0 Å². The Balaban J connectivity index is 1.72. The van der Waals surface area contributed by atoms with Crippen LogP contribution in [0.5, 0.6) is 0 Å². The van der Waals surface area contributed by atoms with Crippen LogP contribution in [0.3, 0.4) is 0 Å². The van der Waals surface area contributed by atoms with Crippen LogP contribution in [0.1, 0.15) is 31.2 Å². The summed E-state index contributed by atoms with van der Waals surface area (Å²) in [5.41, 5.74) is 2.52. The number of nitrogens with one attached hydrogen (secondary N) is 1. The molecule has 3 nitrogen and oxygen atoms in total. The van der Waals surface area contributed by atoms with Gasteiger partial charge < -0.3 is 10.2 Å². The summed E-state index contributed by atoms with van der Waals surface area (Å²) in [6.07, 6.45) is 5.26. The second-order valence-corrected chi connectivity index (χ2v) is 6.01. The maximum absolute atomic E-state index is 4.86. The van der Waals surface area contributed by atoms with Crippen LogP contribution in [0.4, 0.5) is 5.82 Å². The van der Waals surface area contributed by atoms with E-state index in [9.17, 15) is 0 Å². The largest absolute Gasteiger partial charge is 0.357 e. The average molecular weight is 267 g/mol. The molecule has 2 fully saturated rings. The molecule has 2 aromatic rings. The SMILES string of the molecule is c1ccc2c(CNC3CC3)cc(N3CCCC3)nc2c1. The maximum Gasteiger partial charge on any atom is 0.129 e. The molecule has 1 saturated carbocycles. The molecule has 4 rings (SSSR count). The van der Waals surface area contributed by atoms with Crippen molar-refractivity contribution in [2.45, 2.75) is 38.3 Å². The molecule has 20 heavy (non-hydrogen) atoms. The van der Waals surface area contributed by atoms with Gasteiger partial charge in [-0.05, 0) is 43.4 Å². The normalized spacial score (nSPS) is 18.9. The Morgan fingerprint density at radius 1 is 1.15 bits per heavy atom. The molecule has 1 aliphatic heterocycles. The van der Waals surface area contributed by atoms with Gasteiger partial charge in [0.2, 0.25) is 0 Å². The summed E-state index contributed by atoms with van der Waals surface area (Å²) in [4.78, 5) is 7.28. The zero-order valence-electron chi connectivity index (χ0n) is 11.8. The first kappa shape index (κ1) is 12.2. The van der Waals surface area contributed by atoms with E-state index in [4.69, 9.17) is 4.98 Å². The summed E-state index contributed by atoms with van der Waals surface area (Å²) >= 11 is 0. The van der Waals surface area contributed by atoms with Gasteiger partial charge in [0.25, 0.3) is 0 Å². The van der Waals surface area contributed by atoms with E-state index in [-0.39, 0.29) is 0 Å². The van der Waals surface area contributed by atoms with Crippen molar-refractivity contribution in [3.63, 3.8) is 0 Å². The predicted molar refractivity (Wildman–Crippen MR) is 83.1 cm³/mol. The number of rotatable bonds is 4. The zero-order chi connectivity index (χ0) is 13.4. The summed E-state index contributed by atoms with van der Waals surface area (Å²) in [5.74, 6) is 1.16. The molecule has 3 heteroatoms. The van der Waals surface area contributed by atoms with Gasteiger partial charge in [0.1, 0.15) is 5.82 Å². The third-order valence-corrected chi connectivity index (χ3v) is 4.38. The Labute approximate surface area is 120 Å². The number of para-hydroxylation sites is 1. The van der Waals surface area contributed by atoms with E-state index in [1.807, 2.05) is 0 Å². The first-order valence-corrected chi connectivity index (χ1v) is 7.77. The van der Waals surface area contributed by atoms with E-state index in [1.54, 1.807) is 0 Å². The van der Waals surface area contributed by atoms with Crippen LogP contribution in [-0.2, 0) is 6.54 Å². The van der Waals surface area contributed by atoms with Crippen molar-refractivity contribution in [1.29, 1.82) is 0 Å². The van der Waals surface area contributed by atoms with Crippen molar-refractivity contribution in [3.05, 3.63) is 35.9 Å². The molecule has 1 aromatic heterocycles. The van der Waals surface area contributed by atoms with E-state index in [1.165, 1.54) is 36.6 Å². The second-order valence-electron chi connectivity index (χ2n) is 6.01. The fraction of sp³-hybridized carbons (Fsp3) is 0.471. The van der Waals surface area contributed by atoms with E-state index in [0.29, 0.717) is 0 Å². The molecular formula is C17H21N3. The van der Waals surface area contributed by atoms with Crippen molar-refractivity contribution in [2.75, 3.05) is 18.0 Å². The van der Waals surface area contributed by atoms with Crippen LogP contribution in [0.2, 0.25) is 0 Å². The van der Waals surface area contributed by atoms with Gasteiger partial charge >= 0.3 is 0 Å². The lowest BCUT2D eigenvalue weighted by atomic mass is 10.1. The maximum atomic E-state index is 4.86. The zero-order valence-corrected chi connectivity index (χ0v) is 11.8. The van der Waals surface area contributed by atoms with Crippen LogP contribution in [-0.4, -0.2) is 24.1 Å². The molecule has 1 aliphatic carbocycles. The van der Waals surface area contributed by atoms with Gasteiger partial charge in [-0.2, -0.15) is 0 Å². The Morgan fingerprint density at radius 3 is 2.75 bits per heavy atom. The van der Waals surface area contributed by atoms with Crippen LogP contribution < -0.4 is 10.2 Å². The van der Waals surface area contributed by atoms with Gasteiger partial charge in [0.15, 0.2) is 0 Å². The monoisotopic (exact) mass is 267 g/mol. The molecule has 0 amide bonds. The highest BCUT2D eigenvalue weighted by Gasteiger charge is 2.21. The summed E-state index contributed by atoms with van der Waals surface area (Å²) in [6.45, 7) is 3.27. The lowest BCUT2D eigenvalue weighted by molar-refractivity contribution is 0.690. The fourth-order valence-electron chi connectivity index (χ4n) is 3.03. The van der Waals surface area contributed by atoms with Crippen LogP contribution in [0.25, 0.3) is 10.9 Å². The number of pyridine rings is 1. The number of hydrogen-bond donors (Lipinski definition) is 1. The fourth-order valence-corrected chi connectivity index (χ4v) is 3.03. The molecule has 104 valence electrons. The molecule has 1 N–H and O–H groups in total. The minimum Gasteiger partial charge on any atom is -0.357 e. The molecule has 1 saturated heterocycles. The van der Waals surface area contributed by atoms with Crippen LogP contribution >= 0.6 is 0 Å². The van der Waals surface area contributed by atoms with Crippen LogP contribution in [0, 0.1) is 0 Å². The van der Waals surface area contributed by atoms with Gasteiger partial charge in [0.05, 0.1) is 5.52 Å². The van der Waals surface area contributed by atoms with Gasteiger partial charge in [-0.3, -0.25) is 0 Å². The lowest BCUT2D eigenvalue weighted by Crippen LogP contribution is -2.20. The highest BCUT2D eigenvalue weighted by molar-refractivity contribution is 5.84. The Hall–Kier alpha value is -1.61. The summed E-state index contributed by atoms with van der Waals surface area (Å²) in [6, 6.07) is 11.6. The number of hydrogen-bond acceptors (Lipinski definition) is 3. The topological polar surface area (TPSA) is 28.2 Å². The average Bonchev–Trinajstić information content (AvgIpc) is 3.15. The summed E-state index contributed by atoms with van der Waals surface area (Å²) in [7, 11) is 0. The molecule has 2 heterocycles. The number of anilines is 1. The smallest absolute Gasteiger partial charge is 0.129 e. The minimum atomic E-state index is 0.747. The number of nitrogens with zero attached hydrogens (tertiary/aromatic N) is 2. The number of benzene rings is 1. The molecule has 0 unspecified atom stereocenters. The minimum absolute atomic E-state index is 0.747. The summed E-state index contributed by atoms with van der Waals surface area (Å²) < 4.78 is 0. The Morgan fingerprint density at radius 2 is 1.95 bits per heavy atom. The molecular weight excluding hydrogens is 246 g/mol. The van der Waals surface area contributed by atoms with Gasteiger partial charge in [-0.25, -0.2) is 4.98 Å². The predicted octanol–water partition coefficient (Wildman–Crippen LogP) is 3.09. The highest BCUT2D eigenvalue weighted by Crippen LogP contribution is 2.26. The molecule has 0 spiro atoms. The van der Waals surface area contributed by atoms with Gasteiger partial charge in [-0.15, -0.1) is 0 Å². The third kappa shape index (κ3) is 2.38. The van der Waals surface area contributed by atoms with Crippen molar-refractivity contribution >= 4 is 16.7 Å². The Bertz CT molecular complexity index is 613. The van der Waals surface area contributed by atoms with Crippen molar-refractivity contribution < 1.29 is 0 Å². The van der Waals surface area contributed by atoms with Crippen LogP contribution in [0.15, 0.2) is 30.3 Å². The molecule has 0 bridgehead atoms. The van der Waals surface area contributed by atoms with Gasteiger partial charge in [0, 0.05) is 31.1 Å². The third-order valence-electron chi connectivity index (χ3n) is 4.38. The Kier molecular flexibility index (Phi) is 3.07. The molecule has 2 aliphatic rings. The lowest BCUT2D eigenvalue weighted by Gasteiger charge is -2.19. The highest BCUT2D eigenvalue weighted by atomic mass is 15.2. The quantitative estimate of drug-likeness (QED) is 0.922. The van der Waals surface area contributed by atoms with E-state index in [0.717, 1.165) is 37.0 Å². The van der Waals surface area contributed by atoms with Crippen molar-refractivity contribution in [2.24, 2.45) is 0 Å². The standard InChI is InChI=1S/C17H21N3/c1-2-6-16-15(5-1)13(12-18-14-7-8-14)11-17(19-16)20-9-3-4-10-20/h1-2,5-6,11,14,18H,3-4,7-10,12H2. The van der Waals surface area contributed by atoms with E-state index < -0.39 is 0 Å². The number of aromatic nitrogens is 1. The molecule has 1 aromatic carbocycles. The van der Waals surface area contributed by atoms with Crippen molar-refractivity contribution in [1.82, 2.24) is 10.3 Å². The molecule has 0 radical (unpaired) electrons. The summed E-state index contributed by atoms with van der Waals surface area (Å²) in [5, 5.41) is 4.93. The van der Waals surface area contributed by atoms with Crippen molar-refractivity contribution in [3.8, 4) is 0 Å². The first-order chi connectivity index (χ1) is 9.90. The number of fused-ring (bicyclic) bond motifs is 1. The molecule has 0 atom stereocenters. The second kappa shape index (κ2) is 5.06. The van der Waals surface area contributed by atoms with Gasteiger partial charge in [-0.1, -0.05) is 18.2 Å². The first-order valence-electron chi connectivity index (χ1n) is 7.77. The van der Waals surface area contributed by atoms with E-state index in [2.05, 4.69) is 40.5 Å².